The summed E-state index contributed by atoms with van der Waals surface area (Å²) >= 11 is 18.1. The van der Waals surface area contributed by atoms with Gasteiger partial charge in [0.15, 0.2) is 17.8 Å². The molecule has 17 heteroatoms. The number of aliphatic hydroxyl groups is 3. The van der Waals surface area contributed by atoms with Gasteiger partial charge in [-0.2, -0.15) is 0 Å². The van der Waals surface area contributed by atoms with Gasteiger partial charge >= 0.3 is 7.82 Å². The van der Waals surface area contributed by atoms with Gasteiger partial charge in [0.2, 0.25) is 0 Å². The van der Waals surface area contributed by atoms with E-state index in [9.17, 15) is 4.57 Å². The highest BCUT2D eigenvalue weighted by atomic mass is 35.5. The summed E-state index contributed by atoms with van der Waals surface area (Å²) < 4.78 is 18.9. The molecule has 13 nitrogen and oxygen atoms in total. The van der Waals surface area contributed by atoms with Crippen LogP contribution in [-0.2, 0) is 20.4 Å². The fourth-order valence-electron chi connectivity index (χ4n) is 2.85. The molecule has 186 valence electrons. The van der Waals surface area contributed by atoms with Crippen molar-refractivity contribution in [2.24, 2.45) is 0 Å². The third-order valence-electron chi connectivity index (χ3n) is 4.48. The molecule has 2 aromatic heterocycles. The maximum atomic E-state index is 10.3. The number of phosphoric ester groups is 1. The SMILES string of the molecule is Clc1cc(Cl)c(Cl)c(CNc2ncnc3nc[nH]c23)c1.O=P(O)(O)OC[C@H]1OC(O)[C@H](O)[C@@H]1O. The Kier molecular flexibility index (Phi) is 9.06. The number of aromatic amines is 1. The lowest BCUT2D eigenvalue weighted by Gasteiger charge is -2.14. The minimum absolute atomic E-state index is 0.422. The van der Waals surface area contributed by atoms with Crippen molar-refractivity contribution in [2.45, 2.75) is 31.1 Å². The van der Waals surface area contributed by atoms with Crippen LogP contribution in [0.1, 0.15) is 5.56 Å². The highest BCUT2D eigenvalue weighted by molar-refractivity contribution is 7.46. The number of hydrogen-bond donors (Lipinski definition) is 7. The van der Waals surface area contributed by atoms with Crippen LogP contribution in [0.3, 0.4) is 0 Å². The zero-order valence-electron chi connectivity index (χ0n) is 16.9. The van der Waals surface area contributed by atoms with E-state index in [2.05, 4.69) is 34.5 Å². The fourth-order valence-corrected chi connectivity index (χ4v) is 3.91. The maximum absolute atomic E-state index is 10.3. The smallest absolute Gasteiger partial charge is 0.387 e. The third kappa shape index (κ3) is 6.97. The summed E-state index contributed by atoms with van der Waals surface area (Å²) in [6.45, 7) is -0.177. The van der Waals surface area contributed by atoms with Crippen molar-refractivity contribution in [3.8, 4) is 0 Å². The number of nitrogens with one attached hydrogen (secondary N) is 2. The predicted molar refractivity (Wildman–Crippen MR) is 121 cm³/mol. The summed E-state index contributed by atoms with van der Waals surface area (Å²) in [5.74, 6) is 0.639. The molecule has 1 saturated heterocycles. The minimum atomic E-state index is -4.64. The summed E-state index contributed by atoms with van der Waals surface area (Å²) in [7, 11) is -4.64. The van der Waals surface area contributed by atoms with Gasteiger partial charge in [-0.15, -0.1) is 0 Å². The van der Waals surface area contributed by atoms with E-state index in [1.165, 1.54) is 6.33 Å². The first-order chi connectivity index (χ1) is 16.0. The number of H-pyrrole nitrogens is 1. The molecule has 4 atom stereocenters. The van der Waals surface area contributed by atoms with Gasteiger partial charge in [0, 0.05) is 11.6 Å². The predicted octanol–water partition coefficient (Wildman–Crippen LogP) is 1.46. The van der Waals surface area contributed by atoms with Crippen LogP contribution in [0.5, 0.6) is 0 Å². The second kappa shape index (κ2) is 11.4. The number of hydrogen-bond acceptors (Lipinski definition) is 10. The van der Waals surface area contributed by atoms with Crippen LogP contribution in [0.4, 0.5) is 5.82 Å². The van der Waals surface area contributed by atoms with Gasteiger partial charge < -0.3 is 40.1 Å². The van der Waals surface area contributed by atoms with Crippen molar-refractivity contribution in [3.05, 3.63) is 45.4 Å². The number of ether oxygens (including phenoxy) is 1. The largest absolute Gasteiger partial charge is 0.469 e. The topological polar surface area (TPSA) is 203 Å². The molecular formula is C17H19Cl3N5O8P. The van der Waals surface area contributed by atoms with E-state index < -0.39 is 39.0 Å². The Morgan fingerprint density at radius 1 is 1.12 bits per heavy atom. The molecule has 1 aliphatic heterocycles. The molecule has 0 saturated carbocycles. The van der Waals surface area contributed by atoms with Crippen molar-refractivity contribution < 1.29 is 38.9 Å². The quantitative estimate of drug-likeness (QED) is 0.170. The Labute approximate surface area is 206 Å². The lowest BCUT2D eigenvalue weighted by Crippen LogP contribution is -2.34. The Bertz CT molecular complexity index is 1180. The number of nitrogens with zero attached hydrogens (tertiary/aromatic N) is 3. The molecule has 0 amide bonds. The van der Waals surface area contributed by atoms with Crippen LogP contribution >= 0.6 is 42.6 Å². The molecular weight excluding hydrogens is 540 g/mol. The highest BCUT2D eigenvalue weighted by Gasteiger charge is 2.42. The Balaban J connectivity index is 0.000000204. The highest BCUT2D eigenvalue weighted by Crippen LogP contribution is 2.37. The summed E-state index contributed by atoms with van der Waals surface area (Å²) in [6, 6.07) is 3.36. The summed E-state index contributed by atoms with van der Waals surface area (Å²) in [5.41, 5.74) is 2.12. The molecule has 0 bridgehead atoms. The molecule has 34 heavy (non-hydrogen) atoms. The standard InChI is InChI=1S/C12H8Cl3N5.C5H11O8P/c13-7-1-6(9(15)8(14)2-7)3-16-11-10-12(18-4-17-10)20-5-19-11;6-3-2(1-12-14(9,10)11)13-5(8)4(3)7/h1-2,4-5H,3H2,(H2,16,17,18,19,20);2-8H,1H2,(H2,9,10,11)/t;2-,3-,4-,5?/m.1/s1. The van der Waals surface area contributed by atoms with Crippen molar-refractivity contribution in [1.82, 2.24) is 19.9 Å². The van der Waals surface area contributed by atoms with Crippen molar-refractivity contribution >= 4 is 59.6 Å². The van der Waals surface area contributed by atoms with E-state index in [0.717, 1.165) is 11.1 Å². The molecule has 3 aromatic rings. The molecule has 1 fully saturated rings. The summed E-state index contributed by atoms with van der Waals surface area (Å²) in [4.78, 5) is 31.9. The second-order valence-corrected chi connectivity index (χ2v) is 9.33. The van der Waals surface area contributed by atoms with Gasteiger partial charge in [-0.1, -0.05) is 34.8 Å². The molecule has 1 aromatic carbocycles. The van der Waals surface area contributed by atoms with Crippen LogP contribution < -0.4 is 5.32 Å². The Morgan fingerprint density at radius 3 is 2.50 bits per heavy atom. The molecule has 1 aliphatic rings. The first kappa shape index (κ1) is 27.0. The van der Waals surface area contributed by atoms with Crippen LogP contribution in [-0.4, -0.2) is 76.3 Å². The van der Waals surface area contributed by atoms with Gasteiger partial charge in [-0.05, 0) is 17.7 Å². The van der Waals surface area contributed by atoms with E-state index in [0.29, 0.717) is 33.1 Å². The van der Waals surface area contributed by atoms with Crippen molar-refractivity contribution in [3.63, 3.8) is 0 Å². The number of halogens is 3. The van der Waals surface area contributed by atoms with Crippen LogP contribution in [0.15, 0.2) is 24.8 Å². The van der Waals surface area contributed by atoms with Gasteiger partial charge in [-0.3, -0.25) is 4.52 Å². The number of benzene rings is 1. The van der Waals surface area contributed by atoms with Gasteiger partial charge in [0.25, 0.3) is 0 Å². The van der Waals surface area contributed by atoms with Crippen LogP contribution in [0, 0.1) is 0 Å². The fraction of sp³-hybridized carbons (Fsp3) is 0.353. The first-order valence-electron chi connectivity index (χ1n) is 9.37. The minimum Gasteiger partial charge on any atom is -0.387 e. The molecule has 4 rings (SSSR count). The number of aliphatic hydroxyl groups excluding tert-OH is 3. The summed E-state index contributed by atoms with van der Waals surface area (Å²) in [5, 5.41) is 31.6. The number of anilines is 1. The number of aromatic nitrogens is 4. The number of rotatable bonds is 6. The van der Waals surface area contributed by atoms with Gasteiger partial charge in [0.1, 0.15) is 30.2 Å². The molecule has 0 spiro atoms. The van der Waals surface area contributed by atoms with E-state index in [4.69, 9.17) is 59.9 Å². The van der Waals surface area contributed by atoms with Crippen molar-refractivity contribution in [2.75, 3.05) is 11.9 Å². The van der Waals surface area contributed by atoms with E-state index in [-0.39, 0.29) is 0 Å². The monoisotopic (exact) mass is 557 g/mol. The molecule has 0 radical (unpaired) electrons. The van der Waals surface area contributed by atoms with Gasteiger partial charge in [-0.25, -0.2) is 19.5 Å². The third-order valence-corrected chi connectivity index (χ3v) is 6.03. The number of fused-ring (bicyclic) bond motifs is 1. The number of imidazole rings is 1. The van der Waals surface area contributed by atoms with Crippen molar-refractivity contribution in [1.29, 1.82) is 0 Å². The van der Waals surface area contributed by atoms with E-state index in [1.54, 1.807) is 18.5 Å². The zero-order chi connectivity index (χ0) is 25.0. The van der Waals surface area contributed by atoms with E-state index >= 15 is 0 Å². The van der Waals surface area contributed by atoms with E-state index in [1.807, 2.05) is 0 Å². The lowest BCUT2D eigenvalue weighted by atomic mass is 10.1. The summed E-state index contributed by atoms with van der Waals surface area (Å²) in [6.07, 6.45) is -2.66. The maximum Gasteiger partial charge on any atom is 0.469 e. The first-order valence-corrected chi connectivity index (χ1v) is 12.0. The average molecular weight is 559 g/mol. The number of phosphoric acid groups is 1. The molecule has 1 unspecified atom stereocenters. The lowest BCUT2D eigenvalue weighted by molar-refractivity contribution is -0.132. The normalized spacial score (nSPS) is 22.5. The van der Waals surface area contributed by atoms with Crippen LogP contribution in [0.25, 0.3) is 11.2 Å². The zero-order valence-corrected chi connectivity index (χ0v) is 20.1. The Hall–Kier alpha value is -1.61. The molecule has 3 heterocycles. The average Bonchev–Trinajstić information content (AvgIpc) is 3.34. The van der Waals surface area contributed by atoms with Gasteiger partial charge in [0.05, 0.1) is 23.0 Å². The molecule has 7 N–H and O–H groups in total. The molecule has 0 aliphatic carbocycles. The van der Waals surface area contributed by atoms with Crippen LogP contribution in [0.2, 0.25) is 15.1 Å². The second-order valence-electron chi connectivity index (χ2n) is 6.87. The Morgan fingerprint density at radius 2 is 1.85 bits per heavy atom.